The molecule has 2 aromatic rings. The van der Waals surface area contributed by atoms with Gasteiger partial charge in [-0.2, -0.15) is 0 Å². The van der Waals surface area contributed by atoms with Crippen LogP contribution in [0.25, 0.3) is 17.1 Å². The molecule has 0 unspecified atom stereocenters. The van der Waals surface area contributed by atoms with E-state index in [1.807, 2.05) is 0 Å². The van der Waals surface area contributed by atoms with Crippen molar-refractivity contribution in [2.24, 2.45) is 0 Å². The second-order valence-corrected chi connectivity index (χ2v) is 8.95. The minimum atomic E-state index is -0.471. The van der Waals surface area contributed by atoms with Crippen LogP contribution >= 0.6 is 0 Å². The van der Waals surface area contributed by atoms with Gasteiger partial charge in [-0.1, -0.05) is 43.4 Å². The van der Waals surface area contributed by atoms with Crippen LogP contribution in [0.5, 0.6) is 0 Å². The molecule has 1 aromatic carbocycles. The van der Waals surface area contributed by atoms with E-state index in [0.29, 0.717) is 0 Å². The van der Waals surface area contributed by atoms with E-state index >= 15 is 0 Å². The maximum Gasteiger partial charge on any atom is 0.0685 e. The van der Waals surface area contributed by atoms with Gasteiger partial charge in [0.2, 0.25) is 0 Å². The topological polar surface area (TPSA) is 28.4 Å². The molecule has 1 aliphatic heterocycles. The molecule has 2 aliphatic rings. The third-order valence-corrected chi connectivity index (χ3v) is 6.51. The third kappa shape index (κ3) is 3.72. The van der Waals surface area contributed by atoms with Gasteiger partial charge in [-0.25, -0.2) is 0 Å². The van der Waals surface area contributed by atoms with E-state index < -0.39 is 5.60 Å². The van der Waals surface area contributed by atoms with Crippen molar-refractivity contribution in [2.45, 2.75) is 77.4 Å². The Balaban J connectivity index is 1.80. The molecule has 1 aliphatic carbocycles. The van der Waals surface area contributed by atoms with Crippen molar-refractivity contribution < 1.29 is 5.11 Å². The Kier molecular flexibility index (Phi) is 5.17. The molecule has 4 rings (SSSR count). The van der Waals surface area contributed by atoms with E-state index in [2.05, 4.69) is 54.8 Å². The summed E-state index contributed by atoms with van der Waals surface area (Å²) in [6, 6.07) is 6.86. The Morgan fingerprint density at radius 1 is 1.26 bits per heavy atom. The summed E-state index contributed by atoms with van der Waals surface area (Å²) in [7, 11) is 2.22. The predicted molar refractivity (Wildman–Crippen MR) is 114 cm³/mol. The number of nitrogens with zero attached hydrogens (tertiary/aromatic N) is 2. The zero-order chi connectivity index (χ0) is 19.0. The fourth-order valence-electron chi connectivity index (χ4n) is 5.12. The second-order valence-electron chi connectivity index (χ2n) is 8.95. The molecule has 0 spiro atoms. The molecular weight excluding hydrogens is 332 g/mol. The van der Waals surface area contributed by atoms with Crippen LogP contribution in [0.15, 0.2) is 23.8 Å². The van der Waals surface area contributed by atoms with Crippen molar-refractivity contribution in [1.29, 1.82) is 0 Å². The number of benzene rings is 1. The van der Waals surface area contributed by atoms with Crippen molar-refractivity contribution in [1.82, 2.24) is 9.47 Å². The maximum absolute atomic E-state index is 11.0. The first-order valence-corrected chi connectivity index (χ1v) is 10.7. The van der Waals surface area contributed by atoms with Gasteiger partial charge in [0.05, 0.1) is 11.1 Å². The summed E-state index contributed by atoms with van der Waals surface area (Å²) in [6.45, 7) is 6.57. The lowest BCUT2D eigenvalue weighted by Gasteiger charge is -2.25. The quantitative estimate of drug-likeness (QED) is 0.780. The molecule has 27 heavy (non-hydrogen) atoms. The van der Waals surface area contributed by atoms with Gasteiger partial charge in [0.15, 0.2) is 0 Å². The van der Waals surface area contributed by atoms with Crippen molar-refractivity contribution >= 4 is 17.1 Å². The molecule has 1 fully saturated rings. The molecule has 146 valence electrons. The van der Waals surface area contributed by atoms with Crippen LogP contribution < -0.4 is 0 Å². The van der Waals surface area contributed by atoms with Crippen molar-refractivity contribution in [2.75, 3.05) is 13.6 Å². The van der Waals surface area contributed by atoms with Crippen LogP contribution in [0.2, 0.25) is 0 Å². The van der Waals surface area contributed by atoms with Crippen LogP contribution in [0.3, 0.4) is 0 Å². The predicted octanol–water partition coefficient (Wildman–Crippen LogP) is 5.27. The van der Waals surface area contributed by atoms with Gasteiger partial charge in [-0.05, 0) is 57.4 Å². The van der Waals surface area contributed by atoms with E-state index in [-0.39, 0.29) is 0 Å². The molecule has 0 radical (unpaired) electrons. The lowest BCUT2D eigenvalue weighted by molar-refractivity contribution is 0.0476. The molecule has 0 amide bonds. The average molecular weight is 367 g/mol. The molecule has 0 saturated heterocycles. The van der Waals surface area contributed by atoms with E-state index in [4.69, 9.17) is 0 Å². The van der Waals surface area contributed by atoms with Gasteiger partial charge in [0, 0.05) is 36.8 Å². The fourth-order valence-corrected chi connectivity index (χ4v) is 5.12. The molecule has 1 aromatic heterocycles. The van der Waals surface area contributed by atoms with Gasteiger partial charge in [0.25, 0.3) is 0 Å². The highest BCUT2D eigenvalue weighted by Gasteiger charge is 2.32. The number of likely N-dealkylation sites (N-methyl/N-ethyl adjacent to an activating group) is 1. The normalized spacial score (nSPS) is 20.4. The van der Waals surface area contributed by atoms with Crippen LogP contribution in [0.1, 0.15) is 68.7 Å². The van der Waals surface area contributed by atoms with E-state index in [9.17, 15) is 5.11 Å². The third-order valence-electron chi connectivity index (χ3n) is 6.51. The number of rotatable bonds is 5. The number of hydrogen-bond donors (Lipinski definition) is 1. The largest absolute Gasteiger partial charge is 0.390 e. The number of hydrogen-bond acceptors (Lipinski definition) is 2. The number of aliphatic hydroxyl groups is 1. The molecular formula is C24H34N2O. The standard InChI is InChI=1S/C24H34N2O/c1-4-7-19(15-24(27)11-5-6-12-24)16-26-22-9-8-18(2)14-20(22)21-17-25(3)13-10-23(21)26/h8-9,14,16,27H,4-7,10-13,15,17H2,1-3H3/b19-16+. The Labute approximate surface area is 163 Å². The minimum Gasteiger partial charge on any atom is -0.390 e. The highest BCUT2D eigenvalue weighted by Crippen LogP contribution is 2.37. The summed E-state index contributed by atoms with van der Waals surface area (Å²) >= 11 is 0. The summed E-state index contributed by atoms with van der Waals surface area (Å²) in [5, 5.41) is 12.4. The zero-order valence-corrected chi connectivity index (χ0v) is 17.2. The Morgan fingerprint density at radius 3 is 2.78 bits per heavy atom. The summed E-state index contributed by atoms with van der Waals surface area (Å²) < 4.78 is 2.46. The molecule has 0 atom stereocenters. The molecule has 1 saturated carbocycles. The summed E-state index contributed by atoms with van der Waals surface area (Å²) in [6.07, 6.45) is 10.8. The maximum atomic E-state index is 11.0. The number of aromatic nitrogens is 1. The summed E-state index contributed by atoms with van der Waals surface area (Å²) in [4.78, 5) is 2.42. The lowest BCUT2D eigenvalue weighted by atomic mass is 9.91. The van der Waals surface area contributed by atoms with E-state index in [1.165, 1.54) is 46.1 Å². The van der Waals surface area contributed by atoms with Crippen LogP contribution in [0, 0.1) is 6.92 Å². The smallest absolute Gasteiger partial charge is 0.0685 e. The molecule has 3 heteroatoms. The summed E-state index contributed by atoms with van der Waals surface area (Å²) in [5.74, 6) is 0. The van der Waals surface area contributed by atoms with Crippen LogP contribution in [0.4, 0.5) is 0 Å². The van der Waals surface area contributed by atoms with Gasteiger partial charge >= 0.3 is 0 Å². The molecule has 3 nitrogen and oxygen atoms in total. The number of aryl methyl sites for hydroxylation is 1. The molecule has 0 bridgehead atoms. The first kappa shape index (κ1) is 18.8. The highest BCUT2D eigenvalue weighted by atomic mass is 16.3. The minimum absolute atomic E-state index is 0.471. The van der Waals surface area contributed by atoms with Gasteiger partial charge < -0.3 is 14.6 Å². The van der Waals surface area contributed by atoms with Gasteiger partial charge in [-0.3, -0.25) is 0 Å². The zero-order valence-electron chi connectivity index (χ0n) is 17.2. The lowest BCUT2D eigenvalue weighted by Crippen LogP contribution is -2.27. The van der Waals surface area contributed by atoms with Crippen LogP contribution in [-0.2, 0) is 13.0 Å². The van der Waals surface area contributed by atoms with E-state index in [0.717, 1.165) is 51.6 Å². The average Bonchev–Trinajstić information content (AvgIpc) is 3.17. The monoisotopic (exact) mass is 366 g/mol. The number of fused-ring (bicyclic) bond motifs is 3. The molecule has 1 N–H and O–H groups in total. The van der Waals surface area contributed by atoms with Crippen LogP contribution in [-0.4, -0.2) is 33.8 Å². The molecule has 2 heterocycles. The van der Waals surface area contributed by atoms with Crippen molar-refractivity contribution in [3.05, 3.63) is 40.6 Å². The van der Waals surface area contributed by atoms with Gasteiger partial charge in [0.1, 0.15) is 0 Å². The second kappa shape index (κ2) is 7.44. The SMILES string of the molecule is CCC/C(=C\n1c2c(c3cc(C)ccc31)CN(C)CC2)CC1(O)CCCC1. The Bertz CT molecular complexity index is 855. The first-order valence-electron chi connectivity index (χ1n) is 10.7. The summed E-state index contributed by atoms with van der Waals surface area (Å²) in [5.41, 5.74) is 6.55. The Morgan fingerprint density at radius 2 is 2.04 bits per heavy atom. The van der Waals surface area contributed by atoms with E-state index in [1.54, 1.807) is 0 Å². The van der Waals surface area contributed by atoms with Crippen molar-refractivity contribution in [3.63, 3.8) is 0 Å². The van der Waals surface area contributed by atoms with Gasteiger partial charge in [-0.15, -0.1) is 0 Å². The van der Waals surface area contributed by atoms with Crippen molar-refractivity contribution in [3.8, 4) is 0 Å². The Hall–Kier alpha value is -1.58. The fraction of sp³-hybridized carbons (Fsp3) is 0.583. The first-order chi connectivity index (χ1) is 13.0. The highest BCUT2D eigenvalue weighted by molar-refractivity contribution is 5.88.